The molecule has 0 radical (unpaired) electrons. The molecule has 26 heavy (non-hydrogen) atoms. The van der Waals surface area contributed by atoms with Gasteiger partial charge in [-0.15, -0.1) is 0 Å². The predicted octanol–water partition coefficient (Wildman–Crippen LogP) is 1.65. The molecule has 0 saturated carbocycles. The first-order valence-corrected chi connectivity index (χ1v) is 10.7. The van der Waals surface area contributed by atoms with E-state index in [4.69, 9.17) is 4.74 Å². The van der Waals surface area contributed by atoms with Gasteiger partial charge in [-0.2, -0.15) is 4.31 Å². The number of sulfonamides is 2. The normalized spacial score (nSPS) is 16.3. The van der Waals surface area contributed by atoms with E-state index < -0.39 is 25.9 Å². The smallest absolute Gasteiger partial charge is 0.261 e. The molecule has 1 aliphatic rings. The third-order valence-electron chi connectivity index (χ3n) is 3.84. The van der Waals surface area contributed by atoms with E-state index in [2.05, 4.69) is 4.72 Å². The number of benzene rings is 2. The van der Waals surface area contributed by atoms with Crippen molar-refractivity contribution in [2.24, 2.45) is 0 Å². The SMILES string of the molecule is O=S(=O)(Nc1ccc(S(=O)(=O)N2CCOCC2)cc1)c1ccc(F)cc1. The molecule has 0 unspecified atom stereocenters. The number of hydrogen-bond acceptors (Lipinski definition) is 5. The van der Waals surface area contributed by atoms with E-state index in [-0.39, 0.29) is 28.6 Å². The first kappa shape index (κ1) is 18.8. The zero-order valence-electron chi connectivity index (χ0n) is 13.6. The lowest BCUT2D eigenvalue weighted by molar-refractivity contribution is 0.0730. The van der Waals surface area contributed by atoms with Crippen molar-refractivity contribution in [2.45, 2.75) is 9.79 Å². The molecular formula is C16H17FN2O5S2. The second-order valence-corrected chi connectivity index (χ2v) is 9.22. The molecule has 0 aromatic heterocycles. The molecule has 2 aromatic carbocycles. The quantitative estimate of drug-likeness (QED) is 0.824. The Kier molecular flexibility index (Phi) is 5.28. The molecule has 140 valence electrons. The number of anilines is 1. The number of nitrogens with one attached hydrogen (secondary N) is 1. The average molecular weight is 400 g/mol. The summed E-state index contributed by atoms with van der Waals surface area (Å²) in [6.45, 7) is 1.24. The maximum Gasteiger partial charge on any atom is 0.261 e. The molecule has 0 spiro atoms. The number of nitrogens with zero attached hydrogens (tertiary/aromatic N) is 1. The third kappa shape index (κ3) is 4.04. The molecule has 0 aliphatic carbocycles. The molecule has 1 N–H and O–H groups in total. The van der Waals surface area contributed by atoms with E-state index in [1.54, 1.807) is 0 Å². The molecule has 0 atom stereocenters. The molecule has 1 fully saturated rings. The Bertz CT molecular complexity index is 968. The highest BCUT2D eigenvalue weighted by atomic mass is 32.2. The first-order chi connectivity index (χ1) is 12.3. The van der Waals surface area contributed by atoms with Crippen molar-refractivity contribution in [1.29, 1.82) is 0 Å². The first-order valence-electron chi connectivity index (χ1n) is 7.75. The Balaban J connectivity index is 1.78. The van der Waals surface area contributed by atoms with Gasteiger partial charge in [0.05, 0.1) is 23.0 Å². The van der Waals surface area contributed by atoms with Crippen LogP contribution >= 0.6 is 0 Å². The van der Waals surface area contributed by atoms with Gasteiger partial charge in [0.25, 0.3) is 10.0 Å². The second kappa shape index (κ2) is 7.31. The van der Waals surface area contributed by atoms with Crippen LogP contribution in [0.25, 0.3) is 0 Å². The molecule has 0 amide bonds. The largest absolute Gasteiger partial charge is 0.379 e. The van der Waals surface area contributed by atoms with E-state index in [1.807, 2.05) is 0 Å². The van der Waals surface area contributed by atoms with Crippen LogP contribution < -0.4 is 4.72 Å². The highest BCUT2D eigenvalue weighted by Gasteiger charge is 2.26. The van der Waals surface area contributed by atoms with Crippen molar-refractivity contribution in [3.05, 3.63) is 54.3 Å². The van der Waals surface area contributed by atoms with Crippen molar-refractivity contribution in [1.82, 2.24) is 4.31 Å². The second-order valence-electron chi connectivity index (χ2n) is 5.60. The minimum atomic E-state index is -3.89. The zero-order chi connectivity index (χ0) is 18.8. The Hall–Kier alpha value is -2.01. The maximum absolute atomic E-state index is 12.9. The Morgan fingerprint density at radius 3 is 1.96 bits per heavy atom. The molecule has 1 heterocycles. The summed E-state index contributed by atoms with van der Waals surface area (Å²) in [7, 11) is -7.54. The highest BCUT2D eigenvalue weighted by Crippen LogP contribution is 2.21. The fourth-order valence-corrected chi connectivity index (χ4v) is 4.93. The van der Waals surface area contributed by atoms with Gasteiger partial charge >= 0.3 is 0 Å². The lowest BCUT2D eigenvalue weighted by atomic mass is 10.3. The van der Waals surface area contributed by atoms with E-state index >= 15 is 0 Å². The molecule has 10 heteroatoms. The van der Waals surface area contributed by atoms with E-state index in [0.29, 0.717) is 13.2 Å². The number of morpholine rings is 1. The van der Waals surface area contributed by atoms with Gasteiger partial charge in [0.15, 0.2) is 0 Å². The van der Waals surface area contributed by atoms with Gasteiger partial charge in [0.2, 0.25) is 10.0 Å². The Labute approximate surface area is 151 Å². The molecular weight excluding hydrogens is 383 g/mol. The molecule has 0 bridgehead atoms. The summed E-state index contributed by atoms with van der Waals surface area (Å²) < 4.78 is 71.3. The average Bonchev–Trinajstić information content (AvgIpc) is 2.63. The summed E-state index contributed by atoms with van der Waals surface area (Å²) in [4.78, 5) is -0.0203. The van der Waals surface area contributed by atoms with Crippen LogP contribution in [0.15, 0.2) is 58.3 Å². The van der Waals surface area contributed by atoms with Crippen LogP contribution in [0.2, 0.25) is 0 Å². The van der Waals surface area contributed by atoms with Gasteiger partial charge in [-0.1, -0.05) is 0 Å². The van der Waals surface area contributed by atoms with Gasteiger partial charge < -0.3 is 4.74 Å². The lowest BCUT2D eigenvalue weighted by Crippen LogP contribution is -2.40. The summed E-state index contributed by atoms with van der Waals surface area (Å²) in [5, 5.41) is 0. The highest BCUT2D eigenvalue weighted by molar-refractivity contribution is 7.92. The Morgan fingerprint density at radius 2 is 1.38 bits per heavy atom. The minimum absolute atomic E-state index is 0.0733. The number of halogens is 1. The summed E-state index contributed by atoms with van der Waals surface area (Å²) in [6, 6.07) is 9.81. The van der Waals surface area contributed by atoms with Gasteiger partial charge in [0, 0.05) is 18.8 Å². The molecule has 1 saturated heterocycles. The minimum Gasteiger partial charge on any atom is -0.379 e. The summed E-state index contributed by atoms with van der Waals surface area (Å²) in [5.41, 5.74) is 0.204. The summed E-state index contributed by atoms with van der Waals surface area (Å²) in [6.07, 6.45) is 0. The molecule has 3 rings (SSSR count). The van der Waals surface area contributed by atoms with Crippen LogP contribution in [0.5, 0.6) is 0 Å². The number of hydrogen-bond donors (Lipinski definition) is 1. The van der Waals surface area contributed by atoms with Gasteiger partial charge in [-0.25, -0.2) is 21.2 Å². The van der Waals surface area contributed by atoms with Crippen molar-refractivity contribution < 1.29 is 26.0 Å². The van der Waals surface area contributed by atoms with E-state index in [9.17, 15) is 21.2 Å². The van der Waals surface area contributed by atoms with Crippen molar-refractivity contribution in [3.63, 3.8) is 0 Å². The molecule has 7 nitrogen and oxygen atoms in total. The maximum atomic E-state index is 12.9. The van der Waals surface area contributed by atoms with E-state index in [0.717, 1.165) is 24.3 Å². The van der Waals surface area contributed by atoms with Crippen LogP contribution in [-0.2, 0) is 24.8 Å². The monoisotopic (exact) mass is 400 g/mol. The van der Waals surface area contributed by atoms with Crippen molar-refractivity contribution in [2.75, 3.05) is 31.0 Å². The summed E-state index contributed by atoms with van der Waals surface area (Å²) >= 11 is 0. The van der Waals surface area contributed by atoms with Gasteiger partial charge in [0.1, 0.15) is 5.82 Å². The molecule has 1 aliphatic heterocycles. The summed E-state index contributed by atoms with van der Waals surface area (Å²) in [5.74, 6) is -0.540. The van der Waals surface area contributed by atoms with Gasteiger partial charge in [-0.3, -0.25) is 4.72 Å². The Morgan fingerprint density at radius 1 is 0.846 bits per heavy atom. The third-order valence-corrected chi connectivity index (χ3v) is 7.15. The zero-order valence-corrected chi connectivity index (χ0v) is 15.3. The molecule has 2 aromatic rings. The van der Waals surface area contributed by atoms with Crippen LogP contribution in [0.3, 0.4) is 0 Å². The van der Waals surface area contributed by atoms with Crippen LogP contribution in [0.4, 0.5) is 10.1 Å². The number of rotatable bonds is 5. The van der Waals surface area contributed by atoms with Crippen LogP contribution in [0.1, 0.15) is 0 Å². The predicted molar refractivity (Wildman–Crippen MR) is 93.2 cm³/mol. The van der Waals surface area contributed by atoms with E-state index in [1.165, 1.54) is 28.6 Å². The van der Waals surface area contributed by atoms with Gasteiger partial charge in [-0.05, 0) is 48.5 Å². The lowest BCUT2D eigenvalue weighted by Gasteiger charge is -2.26. The van der Waals surface area contributed by atoms with Crippen molar-refractivity contribution >= 4 is 25.7 Å². The fourth-order valence-electron chi connectivity index (χ4n) is 2.46. The van der Waals surface area contributed by atoms with Crippen LogP contribution in [-0.4, -0.2) is 47.4 Å². The standard InChI is InChI=1S/C16H17FN2O5S2/c17-13-1-5-15(6-2-13)25(20,21)18-14-3-7-16(8-4-14)26(22,23)19-9-11-24-12-10-19/h1-8,18H,9-12H2. The van der Waals surface area contributed by atoms with Crippen LogP contribution in [0, 0.1) is 5.82 Å². The topological polar surface area (TPSA) is 92.8 Å². The fraction of sp³-hybridized carbons (Fsp3) is 0.250. The van der Waals surface area contributed by atoms with Crippen molar-refractivity contribution in [3.8, 4) is 0 Å². The number of ether oxygens (including phenoxy) is 1.